The molecule has 0 fully saturated rings. The number of carboxylic acid groups (broad SMARTS) is 1. The topological polar surface area (TPSA) is 130 Å². The molecular weight excluding hydrogens is 584 g/mol. The number of furan rings is 1. The van der Waals surface area contributed by atoms with Gasteiger partial charge in [-0.3, -0.25) is 9.36 Å². The van der Waals surface area contributed by atoms with Gasteiger partial charge in [-0.15, -0.1) is 0 Å². The summed E-state index contributed by atoms with van der Waals surface area (Å²) in [6, 6.07) is 11.9. The van der Waals surface area contributed by atoms with Crippen molar-refractivity contribution in [2.24, 2.45) is 4.99 Å². The molecule has 0 saturated carbocycles. The molecule has 1 atom stereocenters. The van der Waals surface area contributed by atoms with Crippen molar-refractivity contribution in [2.75, 3.05) is 20.8 Å². The monoisotopic (exact) mass is 608 g/mol. The van der Waals surface area contributed by atoms with E-state index in [1.807, 2.05) is 0 Å². The zero-order chi connectivity index (χ0) is 30.1. The van der Waals surface area contributed by atoms with Crippen molar-refractivity contribution >= 4 is 41.0 Å². The SMILES string of the molecule is CCOC(=O)C1=C(C)N=c2s/c(=C/c3ccc(-c4cc(C(=O)O)ccc4Cl)o3)c(=O)n2C1c1ccc(OC)cc1OC. The molecule has 10 nitrogen and oxygen atoms in total. The Labute approximate surface area is 248 Å². The summed E-state index contributed by atoms with van der Waals surface area (Å²) in [5, 5.41) is 9.67. The molecule has 1 aliphatic heterocycles. The van der Waals surface area contributed by atoms with E-state index >= 15 is 0 Å². The number of allylic oxidation sites excluding steroid dienone is 1. The lowest BCUT2D eigenvalue weighted by atomic mass is 9.95. The van der Waals surface area contributed by atoms with Gasteiger partial charge in [0, 0.05) is 23.3 Å². The maximum absolute atomic E-state index is 13.9. The minimum Gasteiger partial charge on any atom is -0.497 e. The molecule has 4 aromatic rings. The number of rotatable bonds is 8. The lowest BCUT2D eigenvalue weighted by Gasteiger charge is -2.26. The van der Waals surface area contributed by atoms with Crippen LogP contribution < -0.4 is 24.4 Å². The van der Waals surface area contributed by atoms with Gasteiger partial charge in [-0.25, -0.2) is 14.6 Å². The summed E-state index contributed by atoms with van der Waals surface area (Å²) in [5.41, 5.74) is 1.24. The zero-order valence-electron chi connectivity index (χ0n) is 23.0. The van der Waals surface area contributed by atoms with Gasteiger partial charge in [0.05, 0.1) is 47.2 Å². The number of esters is 1. The molecule has 5 rings (SSSR count). The van der Waals surface area contributed by atoms with Crippen molar-refractivity contribution in [3.8, 4) is 22.8 Å². The number of benzene rings is 2. The fourth-order valence-corrected chi connectivity index (χ4v) is 5.92. The minimum atomic E-state index is -1.10. The summed E-state index contributed by atoms with van der Waals surface area (Å²) >= 11 is 7.44. The second kappa shape index (κ2) is 11.7. The number of aromatic nitrogens is 1. The molecule has 0 aliphatic carbocycles. The highest BCUT2D eigenvalue weighted by atomic mass is 35.5. The molecule has 0 radical (unpaired) electrons. The normalized spacial score (nSPS) is 14.8. The standard InChI is InChI=1S/C30H25ClN2O8S/c1-5-40-29(37)25-15(2)32-30-33(26(25)19-9-7-17(38-3)13-23(19)39-4)27(34)24(42-30)14-18-8-11-22(41-18)20-12-16(28(35)36)6-10-21(20)31/h6-14,26H,5H2,1-4H3,(H,35,36)/b24-14+. The van der Waals surface area contributed by atoms with Crippen LogP contribution in [0.5, 0.6) is 11.5 Å². The summed E-state index contributed by atoms with van der Waals surface area (Å²) in [5.74, 6) is -0.0469. The molecule has 1 unspecified atom stereocenters. The van der Waals surface area contributed by atoms with E-state index in [1.165, 1.54) is 37.0 Å². The summed E-state index contributed by atoms with van der Waals surface area (Å²) < 4.78 is 24.0. The second-order valence-corrected chi connectivity index (χ2v) is 10.5. The number of thiazole rings is 1. The first kappa shape index (κ1) is 28.9. The Morgan fingerprint density at radius 1 is 1.14 bits per heavy atom. The maximum atomic E-state index is 13.9. The van der Waals surface area contributed by atoms with Crippen molar-refractivity contribution in [1.29, 1.82) is 0 Å². The zero-order valence-corrected chi connectivity index (χ0v) is 24.5. The van der Waals surface area contributed by atoms with Crippen molar-refractivity contribution < 1.29 is 33.3 Å². The van der Waals surface area contributed by atoms with E-state index in [0.29, 0.717) is 54.2 Å². The van der Waals surface area contributed by atoms with Crippen LogP contribution in [0.25, 0.3) is 17.4 Å². The Balaban J connectivity index is 1.66. The highest BCUT2D eigenvalue weighted by molar-refractivity contribution is 7.07. The minimum absolute atomic E-state index is 0.0578. The number of carbonyl (C=O) groups is 2. The Bertz CT molecular complexity index is 1930. The van der Waals surface area contributed by atoms with Gasteiger partial charge in [0.25, 0.3) is 5.56 Å². The van der Waals surface area contributed by atoms with Crippen LogP contribution in [0.1, 0.15) is 41.6 Å². The second-order valence-electron chi connectivity index (χ2n) is 9.11. The first-order valence-electron chi connectivity index (χ1n) is 12.7. The average Bonchev–Trinajstić information content (AvgIpc) is 3.56. The number of ether oxygens (including phenoxy) is 3. The lowest BCUT2D eigenvalue weighted by Crippen LogP contribution is -2.40. The van der Waals surface area contributed by atoms with Gasteiger partial charge in [-0.2, -0.15) is 0 Å². The van der Waals surface area contributed by atoms with Crippen molar-refractivity contribution in [3.63, 3.8) is 0 Å². The van der Waals surface area contributed by atoms with Crippen LogP contribution >= 0.6 is 22.9 Å². The van der Waals surface area contributed by atoms with Crippen molar-refractivity contribution in [3.05, 3.63) is 101 Å². The highest BCUT2D eigenvalue weighted by Crippen LogP contribution is 2.37. The molecule has 0 saturated heterocycles. The fraction of sp³-hybridized carbons (Fsp3) is 0.200. The number of methoxy groups -OCH3 is 2. The third-order valence-corrected chi connectivity index (χ3v) is 7.94. The van der Waals surface area contributed by atoms with E-state index in [0.717, 1.165) is 11.3 Å². The summed E-state index contributed by atoms with van der Waals surface area (Å²) in [4.78, 5) is 43.5. The quantitative estimate of drug-likeness (QED) is 0.291. The molecular formula is C30H25ClN2O8S. The number of hydrogen-bond donors (Lipinski definition) is 1. The van der Waals surface area contributed by atoms with Gasteiger partial charge in [-0.05, 0) is 56.3 Å². The summed E-state index contributed by atoms with van der Waals surface area (Å²) in [6.07, 6.45) is 1.56. The Hall–Kier alpha value is -4.61. The van der Waals surface area contributed by atoms with Crippen LogP contribution in [0, 0.1) is 0 Å². The van der Waals surface area contributed by atoms with Crippen LogP contribution in [0.3, 0.4) is 0 Å². The molecule has 3 heterocycles. The number of halogens is 1. The average molecular weight is 609 g/mol. The van der Waals surface area contributed by atoms with Crippen LogP contribution in [0.4, 0.5) is 0 Å². The van der Waals surface area contributed by atoms with Crippen LogP contribution in [0.15, 0.2) is 74.0 Å². The molecule has 1 N–H and O–H groups in total. The highest BCUT2D eigenvalue weighted by Gasteiger charge is 2.35. The number of fused-ring (bicyclic) bond motifs is 1. The predicted octanol–water partition coefficient (Wildman–Crippen LogP) is 4.43. The van der Waals surface area contributed by atoms with E-state index in [1.54, 1.807) is 50.3 Å². The first-order valence-corrected chi connectivity index (χ1v) is 13.9. The molecule has 0 bridgehead atoms. The lowest BCUT2D eigenvalue weighted by molar-refractivity contribution is -0.139. The molecule has 0 spiro atoms. The number of carboxylic acids is 1. The van der Waals surface area contributed by atoms with Crippen molar-refractivity contribution in [1.82, 2.24) is 4.57 Å². The third kappa shape index (κ3) is 5.24. The molecule has 12 heteroatoms. The van der Waals surface area contributed by atoms with Gasteiger partial charge in [-0.1, -0.05) is 22.9 Å². The van der Waals surface area contributed by atoms with E-state index in [4.69, 9.17) is 30.2 Å². The Morgan fingerprint density at radius 2 is 1.93 bits per heavy atom. The predicted molar refractivity (Wildman–Crippen MR) is 156 cm³/mol. The van der Waals surface area contributed by atoms with Gasteiger partial charge >= 0.3 is 11.9 Å². The van der Waals surface area contributed by atoms with E-state index in [-0.39, 0.29) is 17.7 Å². The van der Waals surface area contributed by atoms with Crippen LogP contribution in [-0.4, -0.2) is 42.4 Å². The van der Waals surface area contributed by atoms with Gasteiger partial charge < -0.3 is 23.7 Å². The number of nitrogens with zero attached hydrogens (tertiary/aromatic N) is 2. The Morgan fingerprint density at radius 3 is 2.62 bits per heavy atom. The van der Waals surface area contributed by atoms with E-state index < -0.39 is 23.5 Å². The molecule has 42 heavy (non-hydrogen) atoms. The molecule has 2 aromatic heterocycles. The third-order valence-electron chi connectivity index (χ3n) is 6.63. The largest absolute Gasteiger partial charge is 0.497 e. The fourth-order valence-electron chi connectivity index (χ4n) is 4.68. The van der Waals surface area contributed by atoms with Gasteiger partial charge in [0.2, 0.25) is 0 Å². The molecule has 1 aliphatic rings. The first-order chi connectivity index (χ1) is 20.2. The number of aromatic carboxylic acids is 1. The summed E-state index contributed by atoms with van der Waals surface area (Å²) in [6.45, 7) is 3.54. The van der Waals surface area contributed by atoms with Crippen LogP contribution in [0.2, 0.25) is 5.02 Å². The number of carbonyl (C=O) groups excluding carboxylic acids is 1. The van der Waals surface area contributed by atoms with E-state index in [2.05, 4.69) is 4.99 Å². The maximum Gasteiger partial charge on any atom is 0.338 e. The van der Waals surface area contributed by atoms with Crippen LogP contribution in [-0.2, 0) is 9.53 Å². The molecule has 216 valence electrons. The van der Waals surface area contributed by atoms with E-state index in [9.17, 15) is 19.5 Å². The molecule has 0 amide bonds. The van der Waals surface area contributed by atoms with Crippen molar-refractivity contribution in [2.45, 2.75) is 19.9 Å². The Kier molecular flexibility index (Phi) is 8.06. The molecule has 2 aromatic carbocycles. The van der Waals surface area contributed by atoms with Gasteiger partial charge in [0.1, 0.15) is 29.1 Å². The summed E-state index contributed by atoms with van der Waals surface area (Å²) in [7, 11) is 3.03. The number of hydrogen-bond acceptors (Lipinski definition) is 9. The smallest absolute Gasteiger partial charge is 0.338 e. The van der Waals surface area contributed by atoms with Gasteiger partial charge in [0.15, 0.2) is 4.80 Å².